The Bertz CT molecular complexity index is 583. The highest BCUT2D eigenvalue weighted by Crippen LogP contribution is 2.31. The lowest BCUT2D eigenvalue weighted by Crippen LogP contribution is -2.20. The van der Waals surface area contributed by atoms with Crippen LogP contribution in [0, 0.1) is 5.82 Å². The Morgan fingerprint density at radius 1 is 1.38 bits per heavy atom. The molecule has 2 aromatic rings. The Morgan fingerprint density at radius 3 is 2.86 bits per heavy atom. The van der Waals surface area contributed by atoms with E-state index in [9.17, 15) is 4.39 Å². The summed E-state index contributed by atoms with van der Waals surface area (Å²) in [6.45, 7) is 7.63. The zero-order valence-electron chi connectivity index (χ0n) is 12.8. The number of nitrogens with one attached hydrogen (secondary N) is 1. The van der Waals surface area contributed by atoms with Gasteiger partial charge in [0.05, 0.1) is 12.4 Å². The summed E-state index contributed by atoms with van der Waals surface area (Å²) >= 11 is 0. The van der Waals surface area contributed by atoms with Crippen LogP contribution in [0.25, 0.3) is 0 Å². The van der Waals surface area contributed by atoms with E-state index in [1.165, 1.54) is 6.07 Å². The molecule has 0 radical (unpaired) electrons. The van der Waals surface area contributed by atoms with Crippen LogP contribution < -0.4 is 10.1 Å². The number of hydrogen-bond donors (Lipinski definition) is 1. The molecule has 4 nitrogen and oxygen atoms in total. The van der Waals surface area contributed by atoms with Crippen molar-refractivity contribution in [2.24, 2.45) is 0 Å². The topological polar surface area (TPSA) is 39.1 Å². The van der Waals surface area contributed by atoms with Crippen LogP contribution in [0.4, 0.5) is 4.39 Å². The van der Waals surface area contributed by atoms with Gasteiger partial charge in [-0.15, -0.1) is 0 Å². The average Bonchev–Trinajstić information content (AvgIpc) is 2.92. The fourth-order valence-electron chi connectivity index (χ4n) is 2.19. The third-order valence-corrected chi connectivity index (χ3v) is 3.31. The van der Waals surface area contributed by atoms with Gasteiger partial charge in [0.1, 0.15) is 11.6 Å². The summed E-state index contributed by atoms with van der Waals surface area (Å²) < 4.78 is 21.7. The maximum absolute atomic E-state index is 14.2. The summed E-state index contributed by atoms with van der Waals surface area (Å²) in [4.78, 5) is 0. The van der Waals surface area contributed by atoms with Crippen molar-refractivity contribution in [1.82, 2.24) is 15.1 Å². The first-order valence-corrected chi connectivity index (χ1v) is 7.37. The van der Waals surface area contributed by atoms with Crippen molar-refractivity contribution in [1.29, 1.82) is 0 Å². The average molecular weight is 291 g/mol. The van der Waals surface area contributed by atoms with E-state index < -0.39 is 0 Å². The number of aryl methyl sites for hydroxylation is 1. The van der Waals surface area contributed by atoms with Crippen LogP contribution in [-0.4, -0.2) is 16.3 Å². The second-order valence-corrected chi connectivity index (χ2v) is 4.96. The lowest BCUT2D eigenvalue weighted by Gasteiger charge is -2.18. The van der Waals surface area contributed by atoms with Crippen LogP contribution in [-0.2, 0) is 6.54 Å². The predicted octanol–water partition coefficient (Wildman–Crippen LogP) is 3.90. The third-order valence-electron chi connectivity index (χ3n) is 3.31. The minimum absolute atomic E-state index is 0.109. The predicted molar refractivity (Wildman–Crippen MR) is 81.1 cm³/mol. The molecule has 114 valence electrons. The normalized spacial score (nSPS) is 12.4. The number of nitrogens with zero attached hydrogens (tertiary/aromatic N) is 2. The fraction of sp³-hybridized carbons (Fsp3) is 0.438. The summed E-state index contributed by atoms with van der Waals surface area (Å²) in [6, 6.07) is 4.79. The molecule has 1 aromatic carbocycles. The highest BCUT2D eigenvalue weighted by Gasteiger charge is 2.17. The Hall–Kier alpha value is -1.88. The molecule has 0 spiro atoms. The molecule has 5 heteroatoms. The molecule has 0 aliphatic rings. The molecular weight excluding hydrogens is 269 g/mol. The van der Waals surface area contributed by atoms with Crippen molar-refractivity contribution in [3.63, 3.8) is 0 Å². The number of halogens is 1. The third kappa shape index (κ3) is 3.82. The van der Waals surface area contributed by atoms with Crippen molar-refractivity contribution in [2.45, 2.75) is 39.8 Å². The van der Waals surface area contributed by atoms with E-state index in [1.54, 1.807) is 29.2 Å². The van der Waals surface area contributed by atoms with E-state index >= 15 is 0 Å². The van der Waals surface area contributed by atoms with Gasteiger partial charge in [-0.3, -0.25) is 4.68 Å². The Labute approximate surface area is 124 Å². The smallest absolute Gasteiger partial charge is 0.165 e. The van der Waals surface area contributed by atoms with Gasteiger partial charge in [0.2, 0.25) is 0 Å². The molecule has 1 unspecified atom stereocenters. The van der Waals surface area contributed by atoms with Gasteiger partial charge in [-0.2, -0.15) is 5.10 Å². The molecular formula is C16H22FN3O. The molecule has 21 heavy (non-hydrogen) atoms. The summed E-state index contributed by atoms with van der Waals surface area (Å²) in [7, 11) is 0. The molecule has 0 bridgehead atoms. The molecule has 1 heterocycles. The zero-order chi connectivity index (χ0) is 15.2. The fourth-order valence-corrected chi connectivity index (χ4v) is 2.19. The molecule has 0 saturated heterocycles. The number of hydrogen-bond acceptors (Lipinski definition) is 3. The van der Waals surface area contributed by atoms with Gasteiger partial charge in [-0.1, -0.05) is 13.0 Å². The van der Waals surface area contributed by atoms with Crippen molar-refractivity contribution >= 4 is 0 Å². The summed E-state index contributed by atoms with van der Waals surface area (Å²) in [6.07, 6.45) is 4.44. The van der Waals surface area contributed by atoms with E-state index in [-0.39, 0.29) is 11.9 Å². The second-order valence-electron chi connectivity index (χ2n) is 4.96. The van der Waals surface area contributed by atoms with Gasteiger partial charge < -0.3 is 10.1 Å². The van der Waals surface area contributed by atoms with Gasteiger partial charge in [-0.25, -0.2) is 4.39 Å². The van der Waals surface area contributed by atoms with E-state index in [4.69, 9.17) is 4.74 Å². The summed E-state index contributed by atoms with van der Waals surface area (Å²) in [5, 5.41) is 7.45. The molecule has 0 aliphatic carbocycles. The van der Waals surface area contributed by atoms with Crippen LogP contribution >= 0.6 is 0 Å². The van der Waals surface area contributed by atoms with E-state index in [0.717, 1.165) is 19.5 Å². The minimum atomic E-state index is -0.258. The molecule has 0 fully saturated rings. The molecule has 0 saturated carbocycles. The first-order chi connectivity index (χ1) is 10.2. The second kappa shape index (κ2) is 7.22. The molecule has 1 N–H and O–H groups in total. The SMILES string of the molecule is CCCNC(C)c1c(F)cccc1Oc1cnn(CC)c1. The molecule has 1 aromatic heterocycles. The monoisotopic (exact) mass is 291 g/mol. The molecule has 0 amide bonds. The zero-order valence-corrected chi connectivity index (χ0v) is 12.8. The van der Waals surface area contributed by atoms with E-state index in [1.807, 2.05) is 13.8 Å². The van der Waals surface area contributed by atoms with E-state index in [2.05, 4.69) is 17.3 Å². The molecule has 2 rings (SSSR count). The van der Waals surface area contributed by atoms with Gasteiger partial charge in [0.15, 0.2) is 5.75 Å². The number of benzene rings is 1. The highest BCUT2D eigenvalue weighted by molar-refractivity contribution is 5.39. The number of rotatable bonds is 7. The maximum atomic E-state index is 14.2. The Balaban J connectivity index is 2.24. The van der Waals surface area contributed by atoms with Crippen LogP contribution in [0.2, 0.25) is 0 Å². The first kappa shape index (κ1) is 15.5. The van der Waals surface area contributed by atoms with Gasteiger partial charge in [0.25, 0.3) is 0 Å². The molecule has 1 atom stereocenters. The van der Waals surface area contributed by atoms with Crippen LogP contribution in [0.15, 0.2) is 30.6 Å². The van der Waals surface area contributed by atoms with Crippen LogP contribution in [0.5, 0.6) is 11.5 Å². The molecule has 0 aliphatic heterocycles. The summed E-state index contributed by atoms with van der Waals surface area (Å²) in [5.74, 6) is 0.889. The van der Waals surface area contributed by atoms with Crippen molar-refractivity contribution in [2.75, 3.05) is 6.54 Å². The number of ether oxygens (including phenoxy) is 1. The van der Waals surface area contributed by atoms with Gasteiger partial charge >= 0.3 is 0 Å². The summed E-state index contributed by atoms with van der Waals surface area (Å²) in [5.41, 5.74) is 0.551. The van der Waals surface area contributed by atoms with Gasteiger partial charge in [0, 0.05) is 18.2 Å². The van der Waals surface area contributed by atoms with Crippen LogP contribution in [0.1, 0.15) is 38.8 Å². The quantitative estimate of drug-likeness (QED) is 0.841. The van der Waals surface area contributed by atoms with E-state index in [0.29, 0.717) is 17.1 Å². The lowest BCUT2D eigenvalue weighted by molar-refractivity contribution is 0.445. The highest BCUT2D eigenvalue weighted by atomic mass is 19.1. The standard InChI is InChI=1S/C16H22FN3O/c1-4-9-18-12(3)16-14(17)7-6-8-15(16)21-13-10-19-20(5-2)11-13/h6-8,10-12,18H,4-5,9H2,1-3H3. The largest absolute Gasteiger partial charge is 0.454 e. The van der Waals surface area contributed by atoms with Crippen molar-refractivity contribution in [3.8, 4) is 11.5 Å². The van der Waals surface area contributed by atoms with Gasteiger partial charge in [-0.05, 0) is 38.9 Å². The van der Waals surface area contributed by atoms with Crippen molar-refractivity contribution in [3.05, 3.63) is 42.0 Å². The Morgan fingerprint density at radius 2 is 2.19 bits per heavy atom. The van der Waals surface area contributed by atoms with Crippen LogP contribution in [0.3, 0.4) is 0 Å². The lowest BCUT2D eigenvalue weighted by atomic mass is 10.1. The maximum Gasteiger partial charge on any atom is 0.165 e. The van der Waals surface area contributed by atoms with Crippen molar-refractivity contribution < 1.29 is 9.13 Å². The minimum Gasteiger partial charge on any atom is -0.454 e. The number of aromatic nitrogens is 2. The Kier molecular flexibility index (Phi) is 5.33. The first-order valence-electron chi connectivity index (χ1n) is 7.37.